The van der Waals surface area contributed by atoms with E-state index in [-0.39, 0.29) is 12.0 Å². The van der Waals surface area contributed by atoms with Gasteiger partial charge in [-0.2, -0.15) is 0 Å². The van der Waals surface area contributed by atoms with E-state index in [2.05, 4.69) is 0 Å². The minimum atomic E-state index is -0.466. The van der Waals surface area contributed by atoms with E-state index < -0.39 is 5.60 Å². The third-order valence-electron chi connectivity index (χ3n) is 2.81. The van der Waals surface area contributed by atoms with Crippen molar-refractivity contribution in [1.82, 2.24) is 0 Å². The minimum Gasteiger partial charge on any atom is -0.497 e. The Balaban J connectivity index is 2.75. The number of methoxy groups -OCH3 is 1. The van der Waals surface area contributed by atoms with E-state index in [4.69, 9.17) is 9.47 Å². The molecule has 0 N–H and O–H groups in total. The van der Waals surface area contributed by atoms with E-state index in [9.17, 15) is 4.79 Å². The first-order valence-electron chi connectivity index (χ1n) is 6.34. The zero-order valence-electron chi connectivity index (χ0n) is 12.6. The van der Waals surface area contributed by atoms with Crippen LogP contribution in [-0.4, -0.2) is 31.8 Å². The highest BCUT2D eigenvalue weighted by Crippen LogP contribution is 2.21. The summed E-state index contributed by atoms with van der Waals surface area (Å²) in [6, 6.07) is 7.23. The van der Waals surface area contributed by atoms with Crippen LogP contribution in [0.5, 0.6) is 5.75 Å². The maximum atomic E-state index is 12.0. The molecule has 0 amide bonds. The Morgan fingerprint density at radius 3 is 2.16 bits per heavy atom. The molecule has 0 heterocycles. The van der Waals surface area contributed by atoms with E-state index >= 15 is 0 Å². The van der Waals surface area contributed by atoms with Crippen LogP contribution in [-0.2, 0) is 9.53 Å². The molecule has 1 unspecified atom stereocenters. The Kier molecular flexibility index (Phi) is 4.81. The van der Waals surface area contributed by atoms with Gasteiger partial charge in [0, 0.05) is 12.7 Å². The Bertz CT molecular complexity index is 420. The number of carbonyl (C=O) groups excluding carboxylic acids is 1. The summed E-state index contributed by atoms with van der Waals surface area (Å²) in [6.45, 7) is 7.43. The number of ether oxygens (including phenoxy) is 2. The summed E-state index contributed by atoms with van der Waals surface area (Å²) >= 11 is 0. The van der Waals surface area contributed by atoms with Crippen molar-refractivity contribution in [3.8, 4) is 5.75 Å². The summed E-state index contributed by atoms with van der Waals surface area (Å²) in [4.78, 5) is 13.9. The van der Waals surface area contributed by atoms with Gasteiger partial charge in [0.1, 0.15) is 17.4 Å². The Morgan fingerprint density at radius 2 is 1.74 bits per heavy atom. The van der Waals surface area contributed by atoms with Crippen molar-refractivity contribution >= 4 is 11.7 Å². The lowest BCUT2D eigenvalue weighted by molar-refractivity contribution is -0.155. The van der Waals surface area contributed by atoms with Crippen LogP contribution >= 0.6 is 0 Å². The van der Waals surface area contributed by atoms with Gasteiger partial charge in [-0.25, -0.2) is 4.79 Å². The fourth-order valence-electron chi connectivity index (χ4n) is 1.59. The minimum absolute atomic E-state index is 0.231. The topological polar surface area (TPSA) is 38.8 Å². The van der Waals surface area contributed by atoms with Crippen molar-refractivity contribution in [3.05, 3.63) is 24.3 Å². The molecule has 0 radical (unpaired) electrons. The number of esters is 1. The highest BCUT2D eigenvalue weighted by molar-refractivity contribution is 5.79. The molecule has 0 fully saturated rings. The van der Waals surface area contributed by atoms with Gasteiger partial charge in [0.2, 0.25) is 0 Å². The summed E-state index contributed by atoms with van der Waals surface area (Å²) < 4.78 is 10.5. The number of rotatable bonds is 4. The molecule has 106 valence electrons. The molecule has 0 spiro atoms. The normalized spacial score (nSPS) is 12.7. The van der Waals surface area contributed by atoms with Gasteiger partial charge in [-0.05, 0) is 52.0 Å². The summed E-state index contributed by atoms with van der Waals surface area (Å²) in [5.74, 6) is 0.563. The number of likely N-dealkylation sites (N-methyl/N-ethyl adjacent to an activating group) is 1. The molecule has 0 aliphatic rings. The maximum Gasteiger partial charge on any atom is 0.328 e. The van der Waals surface area contributed by atoms with Crippen LogP contribution < -0.4 is 9.64 Å². The quantitative estimate of drug-likeness (QED) is 0.785. The summed E-state index contributed by atoms with van der Waals surface area (Å²) in [6.07, 6.45) is 0. The zero-order valence-corrected chi connectivity index (χ0v) is 12.6. The Morgan fingerprint density at radius 1 is 1.21 bits per heavy atom. The van der Waals surface area contributed by atoms with Crippen molar-refractivity contribution in [1.29, 1.82) is 0 Å². The van der Waals surface area contributed by atoms with E-state index in [0.717, 1.165) is 11.4 Å². The molecule has 4 heteroatoms. The molecular formula is C15H23NO3. The van der Waals surface area contributed by atoms with E-state index in [1.807, 2.05) is 63.9 Å². The van der Waals surface area contributed by atoms with Crippen LogP contribution in [0.1, 0.15) is 27.7 Å². The molecule has 1 rings (SSSR count). The molecule has 0 saturated carbocycles. The second-order valence-corrected chi connectivity index (χ2v) is 5.52. The SMILES string of the molecule is COc1ccc(N(C)C(C)C(=O)OC(C)(C)C)cc1. The van der Waals surface area contributed by atoms with E-state index in [0.29, 0.717) is 0 Å². The van der Waals surface area contributed by atoms with Gasteiger partial charge in [0.05, 0.1) is 7.11 Å². The fourth-order valence-corrected chi connectivity index (χ4v) is 1.59. The Hall–Kier alpha value is -1.71. The molecule has 1 aromatic carbocycles. The first-order valence-corrected chi connectivity index (χ1v) is 6.34. The second-order valence-electron chi connectivity index (χ2n) is 5.52. The predicted molar refractivity (Wildman–Crippen MR) is 76.7 cm³/mol. The third kappa shape index (κ3) is 4.47. The fraction of sp³-hybridized carbons (Fsp3) is 0.533. The summed E-state index contributed by atoms with van der Waals surface area (Å²) in [5, 5.41) is 0. The highest BCUT2D eigenvalue weighted by atomic mass is 16.6. The van der Waals surface area contributed by atoms with Crippen LogP contribution in [0.4, 0.5) is 5.69 Å². The van der Waals surface area contributed by atoms with Crippen LogP contribution in [0.2, 0.25) is 0 Å². The molecule has 0 aliphatic heterocycles. The smallest absolute Gasteiger partial charge is 0.328 e. The van der Waals surface area contributed by atoms with Crippen LogP contribution in [0.25, 0.3) is 0 Å². The first-order chi connectivity index (χ1) is 8.74. The number of hydrogen-bond donors (Lipinski definition) is 0. The van der Waals surface area contributed by atoms with Crippen LogP contribution in [0.3, 0.4) is 0 Å². The number of anilines is 1. The zero-order chi connectivity index (χ0) is 14.6. The van der Waals surface area contributed by atoms with Crippen molar-refractivity contribution in [2.24, 2.45) is 0 Å². The van der Waals surface area contributed by atoms with E-state index in [1.54, 1.807) is 7.11 Å². The number of benzene rings is 1. The van der Waals surface area contributed by atoms with E-state index in [1.165, 1.54) is 0 Å². The molecule has 1 atom stereocenters. The van der Waals surface area contributed by atoms with Crippen molar-refractivity contribution < 1.29 is 14.3 Å². The van der Waals surface area contributed by atoms with Gasteiger partial charge in [-0.1, -0.05) is 0 Å². The van der Waals surface area contributed by atoms with Gasteiger partial charge in [-0.15, -0.1) is 0 Å². The molecule has 0 aliphatic carbocycles. The second kappa shape index (κ2) is 5.95. The van der Waals surface area contributed by atoms with Gasteiger partial charge in [0.15, 0.2) is 0 Å². The molecule has 4 nitrogen and oxygen atoms in total. The summed E-state index contributed by atoms with van der Waals surface area (Å²) in [7, 11) is 3.50. The van der Waals surface area contributed by atoms with Crippen LogP contribution in [0.15, 0.2) is 24.3 Å². The lowest BCUT2D eigenvalue weighted by Gasteiger charge is -2.29. The molecule has 0 aromatic heterocycles. The molecule has 1 aromatic rings. The van der Waals surface area contributed by atoms with Gasteiger partial charge in [-0.3, -0.25) is 0 Å². The Labute approximate surface area is 115 Å². The number of nitrogens with zero attached hydrogens (tertiary/aromatic N) is 1. The average molecular weight is 265 g/mol. The molecule has 0 bridgehead atoms. The van der Waals surface area contributed by atoms with Crippen molar-refractivity contribution in [3.63, 3.8) is 0 Å². The average Bonchev–Trinajstić information content (AvgIpc) is 2.35. The lowest BCUT2D eigenvalue weighted by atomic mass is 10.2. The third-order valence-corrected chi connectivity index (χ3v) is 2.81. The standard InChI is InChI=1S/C15H23NO3/c1-11(14(17)19-15(2,3)4)16(5)12-7-9-13(18-6)10-8-12/h7-11H,1-6H3. The predicted octanol–water partition coefficient (Wildman–Crippen LogP) is 2.86. The molecule has 0 saturated heterocycles. The highest BCUT2D eigenvalue weighted by Gasteiger charge is 2.24. The maximum absolute atomic E-state index is 12.0. The monoisotopic (exact) mass is 265 g/mol. The van der Waals surface area contributed by atoms with Crippen molar-refractivity contribution in [2.75, 3.05) is 19.1 Å². The van der Waals surface area contributed by atoms with Gasteiger partial charge < -0.3 is 14.4 Å². The van der Waals surface area contributed by atoms with Gasteiger partial charge in [0.25, 0.3) is 0 Å². The largest absolute Gasteiger partial charge is 0.497 e. The molecular weight excluding hydrogens is 242 g/mol. The van der Waals surface area contributed by atoms with Crippen molar-refractivity contribution in [2.45, 2.75) is 39.3 Å². The number of carbonyl (C=O) groups is 1. The van der Waals surface area contributed by atoms with Crippen LogP contribution in [0, 0.1) is 0 Å². The molecule has 19 heavy (non-hydrogen) atoms. The summed E-state index contributed by atoms with van der Waals surface area (Å²) in [5.41, 5.74) is 0.477. The lowest BCUT2D eigenvalue weighted by Crippen LogP contribution is -2.40. The number of hydrogen-bond acceptors (Lipinski definition) is 4. The van der Waals surface area contributed by atoms with Gasteiger partial charge >= 0.3 is 5.97 Å². The first kappa shape index (κ1) is 15.3.